The molecule has 232 valence electrons. The molecule has 0 saturated carbocycles. The highest BCUT2D eigenvalue weighted by molar-refractivity contribution is 6.29. The number of aromatic amines is 1. The maximum absolute atomic E-state index is 14.1. The lowest BCUT2D eigenvalue weighted by Gasteiger charge is -2.46. The van der Waals surface area contributed by atoms with Crippen molar-refractivity contribution in [3.05, 3.63) is 63.1 Å². The molecular formula is C29H30N4O11. The van der Waals surface area contributed by atoms with Crippen LogP contribution < -0.4 is 20.9 Å². The van der Waals surface area contributed by atoms with Gasteiger partial charge < -0.3 is 55.5 Å². The number of nitrogens with one attached hydrogen (secondary N) is 2. The first-order chi connectivity index (χ1) is 21.1. The minimum absolute atomic E-state index is 0.0215. The van der Waals surface area contributed by atoms with E-state index in [1.807, 2.05) is 0 Å². The monoisotopic (exact) mass is 610 g/mol. The summed E-state index contributed by atoms with van der Waals surface area (Å²) in [5, 5.41) is 84.2. The average molecular weight is 611 g/mol. The summed E-state index contributed by atoms with van der Waals surface area (Å²) in [5.74, 6) is -1.70. The largest absolute Gasteiger partial charge is 0.508 e. The Labute approximate surface area is 247 Å². The van der Waals surface area contributed by atoms with E-state index in [2.05, 4.69) is 10.4 Å². The van der Waals surface area contributed by atoms with E-state index < -0.39 is 74.4 Å². The summed E-state index contributed by atoms with van der Waals surface area (Å²) in [5.41, 5.74) is 4.23. The maximum atomic E-state index is 14.1. The molecular weight excluding hydrogens is 580 g/mol. The van der Waals surface area contributed by atoms with Crippen molar-refractivity contribution in [2.45, 2.75) is 49.1 Å². The molecule has 2 aromatic rings. The first-order valence-electron chi connectivity index (χ1n) is 14.0. The fourth-order valence-electron chi connectivity index (χ4n) is 6.75. The van der Waals surface area contributed by atoms with Crippen molar-refractivity contribution in [1.82, 2.24) is 15.4 Å². The molecule has 0 bridgehead atoms. The topological polar surface area (TPSA) is 240 Å². The fourth-order valence-corrected chi connectivity index (χ4v) is 6.75. The van der Waals surface area contributed by atoms with Crippen molar-refractivity contribution in [2.24, 2.45) is 0 Å². The van der Waals surface area contributed by atoms with Crippen LogP contribution in [0.3, 0.4) is 0 Å². The van der Waals surface area contributed by atoms with Gasteiger partial charge >= 0.3 is 0 Å². The van der Waals surface area contributed by atoms with Gasteiger partial charge in [0.1, 0.15) is 35.9 Å². The van der Waals surface area contributed by atoms with E-state index in [4.69, 9.17) is 4.74 Å². The summed E-state index contributed by atoms with van der Waals surface area (Å²) in [7, 11) is 0. The van der Waals surface area contributed by atoms with Gasteiger partial charge in [-0.25, -0.2) is 10.4 Å². The number of imide groups is 1. The molecule has 5 aliphatic rings. The fraction of sp³-hybridized carbons (Fsp3) is 0.379. The van der Waals surface area contributed by atoms with Crippen LogP contribution in [-0.4, -0.2) is 125 Å². The molecule has 1 aromatic carbocycles. The lowest BCUT2D eigenvalue weighted by atomic mass is 9.93. The number of benzene rings is 1. The van der Waals surface area contributed by atoms with Crippen molar-refractivity contribution in [1.29, 1.82) is 0 Å². The molecule has 6 atom stereocenters. The van der Waals surface area contributed by atoms with Gasteiger partial charge in [0.05, 0.1) is 54.2 Å². The molecule has 1 saturated heterocycles. The van der Waals surface area contributed by atoms with Gasteiger partial charge in [0.2, 0.25) is 0 Å². The first-order valence-corrected chi connectivity index (χ1v) is 14.0. The normalized spacial score (nSPS) is 29.1. The second kappa shape index (κ2) is 10.3. The number of aromatic nitrogens is 1. The Morgan fingerprint density at radius 2 is 1.70 bits per heavy atom. The van der Waals surface area contributed by atoms with Crippen LogP contribution in [0.15, 0.2) is 35.8 Å². The van der Waals surface area contributed by atoms with Crippen LogP contribution in [0.5, 0.6) is 0 Å². The number of hydrogen-bond donors (Lipinski definition) is 10. The number of carbonyl (C=O) groups excluding carboxylic acids is 2. The molecule has 2 amide bonds. The van der Waals surface area contributed by atoms with E-state index in [1.54, 1.807) is 6.08 Å². The zero-order valence-corrected chi connectivity index (χ0v) is 23.0. The van der Waals surface area contributed by atoms with Gasteiger partial charge in [-0.2, -0.15) is 0 Å². The summed E-state index contributed by atoms with van der Waals surface area (Å²) < 4.78 is 5.96. The van der Waals surface area contributed by atoms with Gasteiger partial charge in [-0.05, 0) is 35.8 Å². The van der Waals surface area contributed by atoms with Crippen LogP contribution >= 0.6 is 0 Å². The zero-order valence-electron chi connectivity index (χ0n) is 23.0. The van der Waals surface area contributed by atoms with Crippen molar-refractivity contribution >= 4 is 40.1 Å². The lowest BCUT2D eigenvalue weighted by molar-refractivity contribution is -0.228. The molecule has 1 fully saturated rings. The summed E-state index contributed by atoms with van der Waals surface area (Å²) in [4.78, 5) is 32.8. The maximum Gasteiger partial charge on any atom is 0.276 e. The van der Waals surface area contributed by atoms with E-state index in [0.29, 0.717) is 27.4 Å². The number of allylic oxidation sites excluding steroid dienone is 3. The SMILES string of the molecule is O=C1c2c(c3c4c([nH]c3c3c2=C2C=CC(O)=CC2N3[C@@H]2O[C@H](CO)[C@@H](O)[C@H](O)[C@H]2O)=CC(O)=CC4)C(=O)N1NC(CO)CO. The van der Waals surface area contributed by atoms with Gasteiger partial charge in [-0.15, -0.1) is 0 Å². The van der Waals surface area contributed by atoms with Gasteiger partial charge in [0, 0.05) is 22.0 Å². The van der Waals surface area contributed by atoms with Gasteiger partial charge in [-0.3, -0.25) is 9.59 Å². The summed E-state index contributed by atoms with van der Waals surface area (Å²) >= 11 is 0. The summed E-state index contributed by atoms with van der Waals surface area (Å²) in [6, 6.07) is -1.94. The van der Waals surface area contributed by atoms with E-state index in [-0.39, 0.29) is 40.0 Å². The number of fused-ring (bicyclic) bond motifs is 9. The van der Waals surface area contributed by atoms with Gasteiger partial charge in [0.15, 0.2) is 6.23 Å². The highest BCUT2D eigenvalue weighted by atomic mass is 16.6. The predicted molar refractivity (Wildman–Crippen MR) is 151 cm³/mol. The molecule has 3 aliphatic heterocycles. The Bertz CT molecular complexity index is 1820. The third kappa shape index (κ3) is 3.85. The predicted octanol–water partition coefficient (Wildman–Crippen LogP) is -3.45. The van der Waals surface area contributed by atoms with Crippen LogP contribution in [0, 0.1) is 0 Å². The number of hydrazine groups is 1. The third-order valence-corrected chi connectivity index (χ3v) is 8.82. The van der Waals surface area contributed by atoms with Gasteiger partial charge in [0.25, 0.3) is 11.8 Å². The number of hydrogen-bond acceptors (Lipinski definition) is 13. The smallest absolute Gasteiger partial charge is 0.276 e. The highest BCUT2D eigenvalue weighted by Crippen LogP contribution is 2.43. The number of H-pyrrole nitrogens is 1. The minimum Gasteiger partial charge on any atom is -0.508 e. The standard InChI is InChI=1S/C29H30N4O11/c34-7-10(8-35)31-33-27(42)20-18-13-3-1-11(37)5-15(13)30-22(18)23-19(21(20)28(33)43)14-4-2-12(38)6-16(14)32(23)29-26(41)25(40)24(39)17(9-36)44-29/h1-2,4-6,10,16-17,24-26,29-31,34-41H,3,7-9H2/t16?,17-,24-,25+,26-,29-/m1/s1. The van der Waals surface area contributed by atoms with Crippen LogP contribution in [-0.2, 0) is 11.2 Å². The Balaban J connectivity index is 1.55. The Hall–Kier alpha value is -4.06. The molecule has 0 radical (unpaired) electrons. The molecule has 15 nitrogen and oxygen atoms in total. The molecule has 2 aliphatic carbocycles. The second-order valence-corrected chi connectivity index (χ2v) is 11.3. The molecule has 4 heterocycles. The minimum atomic E-state index is -1.73. The number of ether oxygens (including phenoxy) is 1. The number of carbonyl (C=O) groups is 2. The van der Waals surface area contributed by atoms with Crippen molar-refractivity contribution in [2.75, 3.05) is 24.7 Å². The van der Waals surface area contributed by atoms with E-state index in [1.165, 1.54) is 29.2 Å². The molecule has 7 rings (SSSR count). The van der Waals surface area contributed by atoms with E-state index in [0.717, 1.165) is 5.01 Å². The number of aliphatic hydroxyl groups excluding tert-OH is 8. The van der Waals surface area contributed by atoms with Crippen molar-refractivity contribution < 1.29 is 55.2 Å². The number of nitrogens with zero attached hydrogens (tertiary/aromatic N) is 2. The Kier molecular flexibility index (Phi) is 6.69. The third-order valence-electron chi connectivity index (χ3n) is 8.82. The van der Waals surface area contributed by atoms with E-state index in [9.17, 15) is 50.4 Å². The molecule has 0 spiro atoms. The number of aliphatic hydroxyl groups is 8. The second-order valence-electron chi connectivity index (χ2n) is 11.3. The van der Waals surface area contributed by atoms with Crippen molar-refractivity contribution in [3.8, 4) is 0 Å². The molecule has 1 aromatic heterocycles. The quantitative estimate of drug-likeness (QED) is 0.143. The first kappa shape index (κ1) is 28.7. The van der Waals surface area contributed by atoms with Gasteiger partial charge in [-0.1, -0.05) is 6.08 Å². The van der Waals surface area contributed by atoms with Crippen molar-refractivity contribution in [3.63, 3.8) is 0 Å². The molecule has 10 N–H and O–H groups in total. The highest BCUT2D eigenvalue weighted by Gasteiger charge is 2.52. The number of rotatable bonds is 6. The van der Waals surface area contributed by atoms with Crippen LogP contribution in [0.2, 0.25) is 0 Å². The Morgan fingerprint density at radius 3 is 2.41 bits per heavy atom. The van der Waals surface area contributed by atoms with Crippen LogP contribution in [0.4, 0.5) is 5.69 Å². The van der Waals surface area contributed by atoms with Crippen LogP contribution in [0.1, 0.15) is 26.3 Å². The van der Waals surface area contributed by atoms with Crippen LogP contribution in [0.25, 0.3) is 22.6 Å². The molecule has 1 unspecified atom stereocenters. The Morgan fingerprint density at radius 1 is 0.977 bits per heavy atom. The molecule has 15 heteroatoms. The molecule has 44 heavy (non-hydrogen) atoms. The van der Waals surface area contributed by atoms with E-state index >= 15 is 0 Å². The lowest BCUT2D eigenvalue weighted by Crippen LogP contribution is -2.64. The zero-order chi connectivity index (χ0) is 31.2. The summed E-state index contributed by atoms with van der Waals surface area (Å²) in [6.07, 6.45) is -0.229. The average Bonchev–Trinajstić information content (AvgIpc) is 3.62. The number of amides is 2. The summed E-state index contributed by atoms with van der Waals surface area (Å²) in [6.45, 7) is -1.84. The number of anilines is 1.